The summed E-state index contributed by atoms with van der Waals surface area (Å²) in [6, 6.07) is 16.2. The van der Waals surface area contributed by atoms with Gasteiger partial charge in [-0.1, -0.05) is 43.0 Å². The van der Waals surface area contributed by atoms with E-state index in [1.807, 2.05) is 36.4 Å². The van der Waals surface area contributed by atoms with E-state index in [0.29, 0.717) is 17.6 Å². The molecule has 29 heavy (non-hydrogen) atoms. The summed E-state index contributed by atoms with van der Waals surface area (Å²) in [7, 11) is 2.12. The van der Waals surface area contributed by atoms with Crippen LogP contribution in [-0.2, 0) is 24.2 Å². The van der Waals surface area contributed by atoms with Crippen molar-refractivity contribution < 1.29 is 9.90 Å². The summed E-state index contributed by atoms with van der Waals surface area (Å²) >= 11 is 0. The highest BCUT2D eigenvalue weighted by Gasteiger charge is 2.31. The lowest BCUT2D eigenvalue weighted by atomic mass is 9.89. The van der Waals surface area contributed by atoms with Crippen molar-refractivity contribution in [2.75, 3.05) is 7.05 Å². The second-order valence-electron chi connectivity index (χ2n) is 7.45. The van der Waals surface area contributed by atoms with Gasteiger partial charge in [0.2, 0.25) is 0 Å². The number of carboxylic acid groups (broad SMARTS) is 1. The van der Waals surface area contributed by atoms with Gasteiger partial charge >= 0.3 is 5.97 Å². The number of benzene rings is 1. The van der Waals surface area contributed by atoms with Crippen molar-refractivity contribution in [2.45, 2.75) is 31.8 Å². The highest BCUT2D eigenvalue weighted by molar-refractivity contribution is 6.14. The minimum Gasteiger partial charge on any atom is -0.478 e. The van der Waals surface area contributed by atoms with Crippen LogP contribution in [-0.4, -0.2) is 43.8 Å². The Bertz CT molecular complexity index is 1030. The molecule has 1 N–H and O–H groups in total. The van der Waals surface area contributed by atoms with E-state index in [4.69, 9.17) is 5.10 Å². The predicted octanol–water partition coefficient (Wildman–Crippen LogP) is 3.35. The lowest BCUT2D eigenvalue weighted by molar-refractivity contribution is -0.130. The van der Waals surface area contributed by atoms with Crippen LogP contribution in [0.2, 0.25) is 0 Å². The molecule has 6 heteroatoms. The first-order valence-electron chi connectivity index (χ1n) is 9.73. The Kier molecular flexibility index (Phi) is 5.27. The summed E-state index contributed by atoms with van der Waals surface area (Å²) < 4.78 is 1.64. The minimum absolute atomic E-state index is 0.0516. The summed E-state index contributed by atoms with van der Waals surface area (Å²) in [5.74, 6) is -0.432. The molecule has 1 aromatic carbocycles. The molecule has 148 valence electrons. The van der Waals surface area contributed by atoms with Gasteiger partial charge in [-0.2, -0.15) is 5.10 Å². The molecular weight excluding hydrogens is 364 g/mol. The first kappa shape index (κ1) is 19.1. The molecule has 4 rings (SSSR count). The van der Waals surface area contributed by atoms with Gasteiger partial charge in [0, 0.05) is 24.3 Å². The molecule has 0 bridgehead atoms. The zero-order valence-corrected chi connectivity index (χ0v) is 16.5. The number of rotatable bonds is 6. The van der Waals surface area contributed by atoms with Crippen LogP contribution in [0, 0.1) is 0 Å². The molecule has 2 heterocycles. The van der Waals surface area contributed by atoms with Gasteiger partial charge in [-0.15, -0.1) is 0 Å². The van der Waals surface area contributed by atoms with Crippen LogP contribution in [0.4, 0.5) is 0 Å². The van der Waals surface area contributed by atoms with Gasteiger partial charge in [0.05, 0.1) is 17.0 Å². The number of nitrogens with zero attached hydrogens (tertiary/aromatic N) is 4. The molecule has 3 aromatic rings. The smallest absolute Gasteiger partial charge is 0.337 e. The fourth-order valence-electron chi connectivity index (χ4n) is 3.98. The number of aromatic nitrogens is 3. The van der Waals surface area contributed by atoms with E-state index in [0.717, 1.165) is 37.1 Å². The number of pyridine rings is 1. The van der Waals surface area contributed by atoms with Crippen molar-refractivity contribution >= 4 is 11.5 Å². The molecule has 2 aromatic heterocycles. The van der Waals surface area contributed by atoms with Gasteiger partial charge in [0.25, 0.3) is 0 Å². The van der Waals surface area contributed by atoms with E-state index in [1.165, 1.54) is 5.56 Å². The van der Waals surface area contributed by atoms with Crippen molar-refractivity contribution in [3.8, 4) is 5.82 Å². The van der Waals surface area contributed by atoms with Crippen LogP contribution in [0.25, 0.3) is 11.4 Å². The van der Waals surface area contributed by atoms with Gasteiger partial charge in [0.1, 0.15) is 0 Å². The van der Waals surface area contributed by atoms with E-state index in [2.05, 4.69) is 35.6 Å². The SMILES string of the molecule is C=C(C(=O)O)c1c2c(nn1-c1ccccn1)CCC(N(C)Cc1ccccc1)C2. The normalized spacial score (nSPS) is 15.9. The summed E-state index contributed by atoms with van der Waals surface area (Å²) in [6.07, 6.45) is 4.21. The highest BCUT2D eigenvalue weighted by Crippen LogP contribution is 2.32. The van der Waals surface area contributed by atoms with Crippen molar-refractivity contribution in [1.29, 1.82) is 0 Å². The Morgan fingerprint density at radius 3 is 2.69 bits per heavy atom. The third kappa shape index (κ3) is 3.84. The Labute approximate surface area is 170 Å². The Balaban J connectivity index is 1.67. The average Bonchev–Trinajstić information content (AvgIpc) is 3.13. The van der Waals surface area contributed by atoms with Crippen LogP contribution < -0.4 is 0 Å². The number of hydrogen-bond acceptors (Lipinski definition) is 4. The van der Waals surface area contributed by atoms with Crippen LogP contribution in [0.15, 0.2) is 61.3 Å². The van der Waals surface area contributed by atoms with Crippen molar-refractivity contribution in [1.82, 2.24) is 19.7 Å². The zero-order chi connectivity index (χ0) is 20.4. The van der Waals surface area contributed by atoms with E-state index in [-0.39, 0.29) is 5.57 Å². The maximum atomic E-state index is 11.8. The molecule has 0 radical (unpaired) electrons. The van der Waals surface area contributed by atoms with E-state index >= 15 is 0 Å². The third-order valence-electron chi connectivity index (χ3n) is 5.53. The molecule has 0 aliphatic heterocycles. The third-order valence-corrected chi connectivity index (χ3v) is 5.53. The summed E-state index contributed by atoms with van der Waals surface area (Å²) in [4.78, 5) is 18.4. The number of carboxylic acids is 1. The molecule has 0 spiro atoms. The highest BCUT2D eigenvalue weighted by atomic mass is 16.4. The molecule has 1 unspecified atom stereocenters. The van der Waals surface area contributed by atoms with E-state index < -0.39 is 5.97 Å². The van der Waals surface area contributed by atoms with Crippen LogP contribution in [0.1, 0.15) is 28.9 Å². The fraction of sp³-hybridized carbons (Fsp3) is 0.261. The molecule has 0 saturated carbocycles. The summed E-state index contributed by atoms with van der Waals surface area (Å²) in [5.41, 5.74) is 3.79. The Hall–Kier alpha value is -3.25. The average molecular weight is 388 g/mol. The molecule has 1 aliphatic carbocycles. The lowest BCUT2D eigenvalue weighted by Crippen LogP contribution is -2.36. The van der Waals surface area contributed by atoms with Crippen LogP contribution in [0.5, 0.6) is 0 Å². The summed E-state index contributed by atoms with van der Waals surface area (Å²) in [6.45, 7) is 4.68. The van der Waals surface area contributed by atoms with Gasteiger partial charge in [-0.05, 0) is 44.0 Å². The van der Waals surface area contributed by atoms with Crippen molar-refractivity contribution in [2.24, 2.45) is 0 Å². The Morgan fingerprint density at radius 2 is 2.00 bits per heavy atom. The second kappa shape index (κ2) is 8.01. The van der Waals surface area contributed by atoms with Gasteiger partial charge in [0.15, 0.2) is 5.82 Å². The van der Waals surface area contributed by atoms with E-state index in [9.17, 15) is 9.90 Å². The van der Waals surface area contributed by atoms with Crippen LogP contribution >= 0.6 is 0 Å². The largest absolute Gasteiger partial charge is 0.478 e. The monoisotopic (exact) mass is 388 g/mol. The fourth-order valence-corrected chi connectivity index (χ4v) is 3.98. The van der Waals surface area contributed by atoms with Gasteiger partial charge in [-0.25, -0.2) is 14.5 Å². The number of carbonyl (C=O) groups is 1. The first-order valence-corrected chi connectivity index (χ1v) is 9.73. The number of fused-ring (bicyclic) bond motifs is 1. The molecule has 6 nitrogen and oxygen atoms in total. The van der Waals surface area contributed by atoms with E-state index in [1.54, 1.807) is 10.9 Å². The first-order chi connectivity index (χ1) is 14.0. The zero-order valence-electron chi connectivity index (χ0n) is 16.5. The maximum Gasteiger partial charge on any atom is 0.337 e. The topological polar surface area (TPSA) is 71.2 Å². The lowest BCUT2D eigenvalue weighted by Gasteiger charge is -2.31. The Morgan fingerprint density at radius 1 is 1.24 bits per heavy atom. The number of hydrogen-bond donors (Lipinski definition) is 1. The van der Waals surface area contributed by atoms with Crippen molar-refractivity contribution in [3.63, 3.8) is 0 Å². The van der Waals surface area contributed by atoms with Gasteiger partial charge in [-0.3, -0.25) is 4.90 Å². The second-order valence-corrected chi connectivity index (χ2v) is 7.45. The predicted molar refractivity (Wildman–Crippen MR) is 112 cm³/mol. The van der Waals surface area contributed by atoms with Crippen LogP contribution in [0.3, 0.4) is 0 Å². The molecule has 1 aliphatic rings. The number of aryl methyl sites for hydroxylation is 1. The summed E-state index contributed by atoms with van der Waals surface area (Å²) in [5, 5.41) is 14.3. The molecule has 1 atom stereocenters. The quantitative estimate of drug-likeness (QED) is 0.656. The van der Waals surface area contributed by atoms with Gasteiger partial charge < -0.3 is 5.11 Å². The molecule has 0 saturated heterocycles. The van der Waals surface area contributed by atoms with Crippen molar-refractivity contribution in [3.05, 3.63) is 83.8 Å². The number of likely N-dealkylation sites (N-methyl/N-ethyl adjacent to an activating group) is 1. The number of aliphatic carboxylic acids is 1. The maximum absolute atomic E-state index is 11.8. The minimum atomic E-state index is -1.04. The molecular formula is C23H24N4O2. The molecule has 0 fully saturated rings. The standard InChI is InChI=1S/C23H24N4O2/c1-16(23(28)29)22-19-14-18(26(2)15-17-8-4-3-5-9-17)11-12-20(19)25-27(22)21-10-6-7-13-24-21/h3-10,13,18H,1,11-12,14-15H2,2H3,(H,28,29). The molecule has 0 amide bonds.